The minimum atomic E-state index is -1.74. The molecule has 1 aromatic rings. The number of hydrogen-bond acceptors (Lipinski definition) is 4. The fourth-order valence-corrected chi connectivity index (χ4v) is 2.56. The first-order valence-electron chi connectivity index (χ1n) is 6.14. The summed E-state index contributed by atoms with van der Waals surface area (Å²) in [6.45, 7) is 0.751. The molecule has 0 aliphatic carbocycles. The number of carboxylic acid groups (broad SMARTS) is 1. The highest BCUT2D eigenvalue weighted by Gasteiger charge is 2.26. The van der Waals surface area contributed by atoms with E-state index in [1.54, 1.807) is 6.07 Å². The molecular weight excluding hydrogens is 319 g/mol. The summed E-state index contributed by atoms with van der Waals surface area (Å²) >= 11 is 11.8. The molecule has 2 amide bonds. The van der Waals surface area contributed by atoms with Crippen molar-refractivity contribution in [3.8, 4) is 0 Å². The minimum Gasteiger partial charge on any atom is -0.540 e. The summed E-state index contributed by atoms with van der Waals surface area (Å²) in [6, 6.07) is 4.58. The van der Waals surface area contributed by atoms with Gasteiger partial charge < -0.3 is 19.7 Å². The van der Waals surface area contributed by atoms with Crippen molar-refractivity contribution >= 4 is 41.0 Å². The van der Waals surface area contributed by atoms with Gasteiger partial charge in [0.2, 0.25) is 0 Å². The predicted molar refractivity (Wildman–Crippen MR) is 74.0 cm³/mol. The molecule has 6 nitrogen and oxygen atoms in total. The second-order valence-corrected chi connectivity index (χ2v) is 5.34. The van der Waals surface area contributed by atoms with Crippen LogP contribution in [0, 0.1) is 0 Å². The number of benzene rings is 1. The largest absolute Gasteiger partial charge is 0.540 e. The fourth-order valence-electron chi connectivity index (χ4n) is 2.07. The Labute approximate surface area is 130 Å². The maximum atomic E-state index is 12.3. The average molecular weight is 330 g/mol. The van der Waals surface area contributed by atoms with E-state index in [2.05, 4.69) is 0 Å². The quantitative estimate of drug-likeness (QED) is 0.681. The fraction of sp³-hybridized carbons (Fsp3) is 0.308. The van der Waals surface area contributed by atoms with Gasteiger partial charge in [-0.05, 0) is 18.2 Å². The molecule has 0 radical (unpaired) electrons. The van der Waals surface area contributed by atoms with Crippen LogP contribution in [0.4, 0.5) is 0 Å². The summed E-state index contributed by atoms with van der Waals surface area (Å²) in [6.07, 6.45) is 0. The van der Waals surface area contributed by atoms with Crippen LogP contribution in [-0.4, -0.2) is 53.8 Å². The Bertz CT molecular complexity index is 598. The van der Waals surface area contributed by atoms with Crippen molar-refractivity contribution in [3.05, 3.63) is 33.8 Å². The summed E-state index contributed by atoms with van der Waals surface area (Å²) < 4.78 is 0. The predicted octanol–water partition coefficient (Wildman–Crippen LogP) is 0.0277. The number of nitrogens with zero attached hydrogens (tertiary/aromatic N) is 2. The maximum Gasteiger partial charge on any atom is 0.269 e. The van der Waals surface area contributed by atoms with Crippen LogP contribution in [-0.2, 0) is 9.59 Å². The van der Waals surface area contributed by atoms with Crippen molar-refractivity contribution in [1.29, 1.82) is 0 Å². The van der Waals surface area contributed by atoms with E-state index in [1.165, 1.54) is 17.0 Å². The number of rotatable bonds is 1. The summed E-state index contributed by atoms with van der Waals surface area (Å²) in [7, 11) is 0. The first kappa shape index (κ1) is 15.6. The summed E-state index contributed by atoms with van der Waals surface area (Å²) in [5.74, 6) is -3.08. The van der Waals surface area contributed by atoms with E-state index >= 15 is 0 Å². The lowest BCUT2D eigenvalue weighted by molar-refractivity contribution is -0.301. The van der Waals surface area contributed by atoms with E-state index in [9.17, 15) is 19.5 Å². The molecule has 0 N–H and O–H groups in total. The van der Waals surface area contributed by atoms with Crippen LogP contribution in [0.3, 0.4) is 0 Å². The number of carboxylic acids is 1. The SMILES string of the molecule is O=C([O-])C(=O)N1CCN(C(=O)c2ccc(Cl)cc2Cl)CC1. The van der Waals surface area contributed by atoms with Gasteiger partial charge in [-0.25, -0.2) is 0 Å². The number of amides is 2. The molecule has 21 heavy (non-hydrogen) atoms. The van der Waals surface area contributed by atoms with E-state index < -0.39 is 11.9 Å². The van der Waals surface area contributed by atoms with Crippen molar-refractivity contribution < 1.29 is 19.5 Å². The Balaban J connectivity index is 2.03. The summed E-state index contributed by atoms with van der Waals surface area (Å²) in [4.78, 5) is 36.7. The number of halogens is 2. The smallest absolute Gasteiger partial charge is 0.269 e. The zero-order valence-corrected chi connectivity index (χ0v) is 12.4. The molecule has 0 aromatic heterocycles. The molecule has 1 aliphatic rings. The first-order chi connectivity index (χ1) is 9.90. The Hall–Kier alpha value is -1.79. The zero-order valence-electron chi connectivity index (χ0n) is 10.8. The molecule has 2 rings (SSSR count). The number of carbonyl (C=O) groups is 3. The molecule has 1 heterocycles. The molecule has 0 atom stereocenters. The molecule has 1 fully saturated rings. The van der Waals surface area contributed by atoms with Gasteiger partial charge in [0, 0.05) is 31.2 Å². The number of piperazine rings is 1. The standard InChI is InChI=1S/C13H12Cl2N2O4/c14-8-1-2-9(10(15)7-8)11(18)16-3-5-17(6-4-16)12(19)13(20)21/h1-2,7H,3-6H2,(H,20,21)/p-1. The molecule has 0 saturated carbocycles. The first-order valence-corrected chi connectivity index (χ1v) is 6.90. The minimum absolute atomic E-state index is 0.143. The molecule has 0 unspecified atom stereocenters. The van der Waals surface area contributed by atoms with Gasteiger partial charge in [-0.3, -0.25) is 9.59 Å². The molecule has 0 bridgehead atoms. The van der Waals surface area contributed by atoms with Crippen LogP contribution < -0.4 is 5.11 Å². The van der Waals surface area contributed by atoms with Crippen LogP contribution >= 0.6 is 23.2 Å². The highest BCUT2D eigenvalue weighted by atomic mass is 35.5. The van der Waals surface area contributed by atoms with Gasteiger partial charge in [0.1, 0.15) is 5.97 Å². The van der Waals surface area contributed by atoms with Crippen LogP contribution in [0.5, 0.6) is 0 Å². The second-order valence-electron chi connectivity index (χ2n) is 4.50. The van der Waals surface area contributed by atoms with Crippen LogP contribution in [0.15, 0.2) is 18.2 Å². The Morgan fingerprint density at radius 3 is 2.10 bits per heavy atom. The third kappa shape index (κ3) is 3.46. The third-order valence-electron chi connectivity index (χ3n) is 3.19. The van der Waals surface area contributed by atoms with Crippen molar-refractivity contribution in [1.82, 2.24) is 9.80 Å². The van der Waals surface area contributed by atoms with Gasteiger partial charge in [0.15, 0.2) is 0 Å². The lowest BCUT2D eigenvalue weighted by Gasteiger charge is -2.35. The highest BCUT2D eigenvalue weighted by Crippen LogP contribution is 2.22. The maximum absolute atomic E-state index is 12.3. The number of hydrogen-bond donors (Lipinski definition) is 0. The lowest BCUT2D eigenvalue weighted by Crippen LogP contribution is -2.54. The molecule has 1 saturated heterocycles. The molecule has 0 spiro atoms. The van der Waals surface area contributed by atoms with Gasteiger partial charge in [0.25, 0.3) is 11.8 Å². The molecule has 1 aromatic carbocycles. The molecule has 1 aliphatic heterocycles. The zero-order chi connectivity index (χ0) is 15.6. The molecule has 112 valence electrons. The number of carbonyl (C=O) groups excluding carboxylic acids is 3. The summed E-state index contributed by atoms with van der Waals surface area (Å²) in [5.41, 5.74) is 0.320. The van der Waals surface area contributed by atoms with Gasteiger partial charge in [-0.15, -0.1) is 0 Å². The Morgan fingerprint density at radius 2 is 1.57 bits per heavy atom. The van der Waals surface area contributed by atoms with E-state index in [0.29, 0.717) is 10.6 Å². The Kier molecular flexibility index (Phi) is 4.69. The molecular formula is C13H11Cl2N2O4-. The van der Waals surface area contributed by atoms with E-state index in [4.69, 9.17) is 23.2 Å². The van der Waals surface area contributed by atoms with Gasteiger partial charge in [0.05, 0.1) is 10.6 Å². The van der Waals surface area contributed by atoms with E-state index in [0.717, 1.165) is 4.90 Å². The number of aliphatic carboxylic acids is 1. The van der Waals surface area contributed by atoms with E-state index in [1.807, 2.05) is 0 Å². The lowest BCUT2D eigenvalue weighted by atomic mass is 10.1. The van der Waals surface area contributed by atoms with E-state index in [-0.39, 0.29) is 37.1 Å². The van der Waals surface area contributed by atoms with Crippen molar-refractivity contribution in [3.63, 3.8) is 0 Å². The van der Waals surface area contributed by atoms with Crippen molar-refractivity contribution in [2.45, 2.75) is 0 Å². The summed E-state index contributed by atoms with van der Waals surface area (Å²) in [5, 5.41) is 11.2. The van der Waals surface area contributed by atoms with Gasteiger partial charge in [-0.2, -0.15) is 0 Å². The third-order valence-corrected chi connectivity index (χ3v) is 3.74. The van der Waals surface area contributed by atoms with Gasteiger partial charge >= 0.3 is 0 Å². The Morgan fingerprint density at radius 1 is 1.00 bits per heavy atom. The monoisotopic (exact) mass is 329 g/mol. The van der Waals surface area contributed by atoms with Crippen molar-refractivity contribution in [2.75, 3.05) is 26.2 Å². The normalized spacial score (nSPS) is 15.0. The second kappa shape index (κ2) is 6.32. The highest BCUT2D eigenvalue weighted by molar-refractivity contribution is 6.36. The average Bonchev–Trinajstić information content (AvgIpc) is 2.46. The van der Waals surface area contributed by atoms with Crippen LogP contribution in [0.1, 0.15) is 10.4 Å². The van der Waals surface area contributed by atoms with Gasteiger partial charge in [-0.1, -0.05) is 23.2 Å². The van der Waals surface area contributed by atoms with Crippen LogP contribution in [0.2, 0.25) is 10.0 Å². The molecule has 8 heteroatoms. The van der Waals surface area contributed by atoms with Crippen LogP contribution in [0.25, 0.3) is 0 Å². The van der Waals surface area contributed by atoms with Crippen molar-refractivity contribution in [2.24, 2.45) is 0 Å². The topological polar surface area (TPSA) is 80.8 Å².